The maximum absolute atomic E-state index is 14.2. The quantitative estimate of drug-likeness (QED) is 0.814. The molecule has 1 aliphatic carbocycles. The van der Waals surface area contributed by atoms with Crippen molar-refractivity contribution in [1.82, 2.24) is 5.32 Å². The van der Waals surface area contributed by atoms with Crippen molar-refractivity contribution >= 4 is 0 Å². The van der Waals surface area contributed by atoms with Gasteiger partial charge in [0.15, 0.2) is 11.6 Å². The first-order valence-corrected chi connectivity index (χ1v) is 7.15. The summed E-state index contributed by atoms with van der Waals surface area (Å²) in [7, 11) is 1.51. The van der Waals surface area contributed by atoms with E-state index in [1.54, 1.807) is 6.07 Å². The number of benzene rings is 1. The van der Waals surface area contributed by atoms with E-state index in [0.29, 0.717) is 17.2 Å². The molecule has 19 heavy (non-hydrogen) atoms. The lowest BCUT2D eigenvalue weighted by Gasteiger charge is -2.25. The lowest BCUT2D eigenvalue weighted by atomic mass is 9.92. The Bertz CT molecular complexity index is 429. The zero-order valence-electron chi connectivity index (χ0n) is 12.1. The first-order chi connectivity index (χ1) is 9.10. The van der Waals surface area contributed by atoms with Gasteiger partial charge in [0.05, 0.1) is 7.11 Å². The number of hydrogen-bond donors (Lipinski definition) is 1. The van der Waals surface area contributed by atoms with Gasteiger partial charge in [0, 0.05) is 6.04 Å². The average molecular weight is 265 g/mol. The van der Waals surface area contributed by atoms with Gasteiger partial charge in [-0.05, 0) is 49.3 Å². The normalized spacial score (nSPS) is 18.1. The second-order valence-electron chi connectivity index (χ2n) is 5.80. The number of methoxy groups -OCH3 is 1. The molecule has 1 saturated carbocycles. The molecule has 0 spiro atoms. The Morgan fingerprint density at radius 2 is 2.16 bits per heavy atom. The Morgan fingerprint density at radius 1 is 1.42 bits per heavy atom. The molecule has 1 aromatic rings. The standard InChI is InChI=1S/C16H24FNO/c1-4-10-18-14(16(2)8-9-16)11-12-6-5-7-13(19-3)15(12)17/h5-7,14,18H,4,8-11H2,1-3H3. The third-order valence-electron chi connectivity index (χ3n) is 4.21. The molecule has 0 saturated heterocycles. The summed E-state index contributed by atoms with van der Waals surface area (Å²) in [5.74, 6) is 0.130. The van der Waals surface area contributed by atoms with Crippen molar-refractivity contribution < 1.29 is 9.13 Å². The molecule has 0 radical (unpaired) electrons. The maximum atomic E-state index is 14.2. The van der Waals surface area contributed by atoms with Gasteiger partial charge in [-0.1, -0.05) is 26.0 Å². The predicted octanol–water partition coefficient (Wildman–Crippen LogP) is 3.55. The summed E-state index contributed by atoms with van der Waals surface area (Å²) in [5, 5.41) is 3.58. The van der Waals surface area contributed by atoms with E-state index >= 15 is 0 Å². The number of nitrogens with one attached hydrogen (secondary N) is 1. The van der Waals surface area contributed by atoms with Crippen LogP contribution in [-0.4, -0.2) is 19.7 Å². The zero-order chi connectivity index (χ0) is 13.9. The highest BCUT2D eigenvalue weighted by molar-refractivity contribution is 5.32. The van der Waals surface area contributed by atoms with Crippen LogP contribution < -0.4 is 10.1 Å². The molecule has 3 heteroatoms. The van der Waals surface area contributed by atoms with Crippen LogP contribution >= 0.6 is 0 Å². The number of ether oxygens (including phenoxy) is 1. The minimum Gasteiger partial charge on any atom is -0.494 e. The second-order valence-corrected chi connectivity index (χ2v) is 5.80. The Balaban J connectivity index is 2.12. The minimum absolute atomic E-state index is 0.211. The van der Waals surface area contributed by atoms with Gasteiger partial charge < -0.3 is 10.1 Å². The Morgan fingerprint density at radius 3 is 2.74 bits per heavy atom. The van der Waals surface area contributed by atoms with Crippen LogP contribution in [0, 0.1) is 11.2 Å². The second kappa shape index (κ2) is 5.91. The molecule has 0 heterocycles. The van der Waals surface area contributed by atoms with Crippen molar-refractivity contribution in [3.63, 3.8) is 0 Å². The topological polar surface area (TPSA) is 21.3 Å². The van der Waals surface area contributed by atoms with E-state index in [1.165, 1.54) is 20.0 Å². The van der Waals surface area contributed by atoms with Crippen molar-refractivity contribution in [1.29, 1.82) is 0 Å². The molecule has 1 aromatic carbocycles. The lowest BCUT2D eigenvalue weighted by molar-refractivity contribution is 0.345. The van der Waals surface area contributed by atoms with Crippen LogP contribution in [0.25, 0.3) is 0 Å². The van der Waals surface area contributed by atoms with Crippen molar-refractivity contribution in [2.75, 3.05) is 13.7 Å². The summed E-state index contributed by atoms with van der Waals surface area (Å²) in [4.78, 5) is 0. The van der Waals surface area contributed by atoms with E-state index in [2.05, 4.69) is 19.2 Å². The van der Waals surface area contributed by atoms with Gasteiger partial charge in [0.1, 0.15) is 0 Å². The van der Waals surface area contributed by atoms with Crippen LogP contribution in [0.2, 0.25) is 0 Å². The maximum Gasteiger partial charge on any atom is 0.168 e. The van der Waals surface area contributed by atoms with Crippen LogP contribution in [0.5, 0.6) is 5.75 Å². The Hall–Kier alpha value is -1.09. The molecule has 106 valence electrons. The fourth-order valence-electron chi connectivity index (χ4n) is 2.52. The van der Waals surface area contributed by atoms with E-state index in [1.807, 2.05) is 12.1 Å². The SMILES string of the molecule is CCCNC(Cc1cccc(OC)c1F)C1(C)CC1. The van der Waals surface area contributed by atoms with Crippen LogP contribution in [0.15, 0.2) is 18.2 Å². The third kappa shape index (κ3) is 3.27. The molecule has 0 aromatic heterocycles. The fraction of sp³-hybridized carbons (Fsp3) is 0.625. The van der Waals surface area contributed by atoms with Gasteiger partial charge in [0.25, 0.3) is 0 Å². The summed E-state index contributed by atoms with van der Waals surface area (Å²) in [6.45, 7) is 5.44. The molecule has 1 aliphatic rings. The summed E-state index contributed by atoms with van der Waals surface area (Å²) in [5.41, 5.74) is 1.09. The Labute approximate surface area is 115 Å². The minimum atomic E-state index is -0.211. The number of hydrogen-bond acceptors (Lipinski definition) is 2. The molecular weight excluding hydrogens is 241 g/mol. The Kier molecular flexibility index (Phi) is 4.46. The molecule has 1 fully saturated rings. The van der Waals surface area contributed by atoms with Gasteiger partial charge in [-0.25, -0.2) is 4.39 Å². The number of rotatable bonds is 7. The summed E-state index contributed by atoms with van der Waals surface area (Å²) < 4.78 is 19.3. The van der Waals surface area contributed by atoms with Crippen LogP contribution in [0.4, 0.5) is 4.39 Å². The monoisotopic (exact) mass is 265 g/mol. The number of halogens is 1. The van der Waals surface area contributed by atoms with Crippen LogP contribution in [0.3, 0.4) is 0 Å². The van der Waals surface area contributed by atoms with Crippen LogP contribution in [0.1, 0.15) is 38.7 Å². The van der Waals surface area contributed by atoms with Crippen molar-refractivity contribution in [2.24, 2.45) is 5.41 Å². The zero-order valence-corrected chi connectivity index (χ0v) is 12.1. The van der Waals surface area contributed by atoms with E-state index in [0.717, 1.165) is 24.9 Å². The molecule has 1 unspecified atom stereocenters. The third-order valence-corrected chi connectivity index (χ3v) is 4.21. The predicted molar refractivity (Wildman–Crippen MR) is 76.1 cm³/mol. The molecule has 2 nitrogen and oxygen atoms in total. The van der Waals surface area contributed by atoms with Crippen LogP contribution in [-0.2, 0) is 6.42 Å². The highest BCUT2D eigenvalue weighted by Gasteiger charge is 2.44. The molecule has 0 bridgehead atoms. The smallest absolute Gasteiger partial charge is 0.168 e. The van der Waals surface area contributed by atoms with E-state index in [-0.39, 0.29) is 5.82 Å². The van der Waals surface area contributed by atoms with Crippen molar-refractivity contribution in [2.45, 2.75) is 45.6 Å². The summed E-state index contributed by atoms with van der Waals surface area (Å²) in [6, 6.07) is 5.76. The van der Waals surface area contributed by atoms with Gasteiger partial charge in [-0.3, -0.25) is 0 Å². The summed E-state index contributed by atoms with van der Waals surface area (Å²) in [6.07, 6.45) is 4.31. The van der Waals surface area contributed by atoms with Crippen molar-refractivity contribution in [3.05, 3.63) is 29.6 Å². The average Bonchev–Trinajstić information content (AvgIpc) is 3.15. The molecule has 0 amide bonds. The molecule has 2 rings (SSSR count). The first kappa shape index (κ1) is 14.3. The fourth-order valence-corrected chi connectivity index (χ4v) is 2.52. The molecule has 1 atom stereocenters. The van der Waals surface area contributed by atoms with Gasteiger partial charge >= 0.3 is 0 Å². The largest absolute Gasteiger partial charge is 0.494 e. The van der Waals surface area contributed by atoms with Crippen molar-refractivity contribution in [3.8, 4) is 5.75 Å². The molecule has 1 N–H and O–H groups in total. The first-order valence-electron chi connectivity index (χ1n) is 7.15. The van der Waals surface area contributed by atoms with E-state index in [4.69, 9.17) is 4.74 Å². The molecular formula is C16H24FNO. The summed E-state index contributed by atoms with van der Waals surface area (Å²) >= 11 is 0. The highest BCUT2D eigenvalue weighted by Crippen LogP contribution is 2.49. The van der Waals surface area contributed by atoms with E-state index < -0.39 is 0 Å². The lowest BCUT2D eigenvalue weighted by Crippen LogP contribution is -2.38. The van der Waals surface area contributed by atoms with Gasteiger partial charge in [-0.2, -0.15) is 0 Å². The highest BCUT2D eigenvalue weighted by atomic mass is 19.1. The van der Waals surface area contributed by atoms with Gasteiger partial charge in [0.2, 0.25) is 0 Å². The van der Waals surface area contributed by atoms with Gasteiger partial charge in [-0.15, -0.1) is 0 Å². The molecule has 0 aliphatic heterocycles. The van der Waals surface area contributed by atoms with E-state index in [9.17, 15) is 4.39 Å².